The number of aromatic nitrogens is 2. The zero-order valence-corrected chi connectivity index (χ0v) is 15.1. The maximum absolute atomic E-state index is 12.0. The summed E-state index contributed by atoms with van der Waals surface area (Å²) >= 11 is 0. The summed E-state index contributed by atoms with van der Waals surface area (Å²) in [6.45, 7) is 2.24. The van der Waals surface area contributed by atoms with Gasteiger partial charge in [0.05, 0.1) is 29.6 Å². The van der Waals surface area contributed by atoms with Crippen molar-refractivity contribution < 1.29 is 9.53 Å². The zero-order valence-electron chi connectivity index (χ0n) is 13.5. The van der Waals surface area contributed by atoms with Crippen molar-refractivity contribution in [2.24, 2.45) is 12.8 Å². The van der Waals surface area contributed by atoms with Gasteiger partial charge >= 0.3 is 0 Å². The van der Waals surface area contributed by atoms with Crippen molar-refractivity contribution >= 4 is 41.8 Å². The predicted octanol–water partition coefficient (Wildman–Crippen LogP) is 1.96. The Morgan fingerprint density at radius 1 is 1.39 bits per heavy atom. The van der Waals surface area contributed by atoms with Gasteiger partial charge in [-0.25, -0.2) is 4.98 Å². The first-order valence-corrected chi connectivity index (χ1v) is 7.00. The zero-order chi connectivity index (χ0) is 15.4. The Labute approximate surface area is 148 Å². The first-order chi connectivity index (χ1) is 10.1. The highest BCUT2D eigenvalue weighted by Crippen LogP contribution is 2.19. The molecule has 1 heterocycles. The summed E-state index contributed by atoms with van der Waals surface area (Å²) in [6.07, 6.45) is -0.000909. The Balaban J connectivity index is 0.00000242. The smallest absolute Gasteiger partial charge is 0.223 e. The van der Waals surface area contributed by atoms with Crippen molar-refractivity contribution in [3.05, 3.63) is 30.1 Å². The van der Waals surface area contributed by atoms with Crippen molar-refractivity contribution in [1.29, 1.82) is 0 Å². The quantitative estimate of drug-likeness (QED) is 0.822. The third kappa shape index (κ3) is 5.07. The second kappa shape index (κ2) is 9.72. The molecule has 3 N–H and O–H groups in total. The lowest BCUT2D eigenvalue weighted by Gasteiger charge is -2.16. The van der Waals surface area contributed by atoms with Gasteiger partial charge in [0.1, 0.15) is 5.82 Å². The standard InChI is InChI=1S/C15H22N4O2.2ClH/c1-10(17-14(20)8-11(9-16)21-3)15-18-12-6-4-5-7-13(12)19(15)2;;/h4-7,10-11H,8-9,16H2,1-3H3,(H,17,20);2*1H. The minimum Gasteiger partial charge on any atom is -0.380 e. The number of benzene rings is 1. The largest absolute Gasteiger partial charge is 0.380 e. The van der Waals surface area contributed by atoms with Gasteiger partial charge in [-0.3, -0.25) is 4.79 Å². The molecule has 0 spiro atoms. The minimum atomic E-state index is -0.252. The van der Waals surface area contributed by atoms with Gasteiger partial charge in [0.25, 0.3) is 0 Å². The number of carbonyl (C=O) groups excluding carboxylic acids is 1. The monoisotopic (exact) mass is 362 g/mol. The Bertz CT molecular complexity index is 629. The van der Waals surface area contributed by atoms with Crippen LogP contribution in [0.4, 0.5) is 0 Å². The number of amides is 1. The van der Waals surface area contributed by atoms with Crippen molar-refractivity contribution in [2.45, 2.75) is 25.5 Å². The highest BCUT2D eigenvalue weighted by Gasteiger charge is 2.18. The van der Waals surface area contributed by atoms with E-state index >= 15 is 0 Å². The van der Waals surface area contributed by atoms with E-state index in [2.05, 4.69) is 10.3 Å². The molecule has 0 saturated carbocycles. The van der Waals surface area contributed by atoms with E-state index in [1.165, 1.54) is 0 Å². The molecular weight excluding hydrogens is 339 g/mol. The van der Waals surface area contributed by atoms with Gasteiger partial charge in [-0.2, -0.15) is 0 Å². The van der Waals surface area contributed by atoms with Gasteiger partial charge in [0.2, 0.25) is 5.91 Å². The molecule has 0 bridgehead atoms. The summed E-state index contributed by atoms with van der Waals surface area (Å²) in [4.78, 5) is 16.6. The molecule has 0 radical (unpaired) electrons. The highest BCUT2D eigenvalue weighted by molar-refractivity contribution is 5.85. The minimum absolute atomic E-state index is 0. The molecule has 6 nitrogen and oxygen atoms in total. The number of para-hydroxylation sites is 2. The van der Waals surface area contributed by atoms with Gasteiger partial charge < -0.3 is 20.4 Å². The lowest BCUT2D eigenvalue weighted by atomic mass is 10.2. The van der Waals surface area contributed by atoms with Gasteiger partial charge in [0, 0.05) is 20.7 Å². The van der Waals surface area contributed by atoms with Crippen molar-refractivity contribution in [2.75, 3.05) is 13.7 Å². The summed E-state index contributed by atoms with van der Waals surface area (Å²) in [6, 6.07) is 7.72. The van der Waals surface area contributed by atoms with Gasteiger partial charge in [-0.1, -0.05) is 12.1 Å². The number of halogens is 2. The maximum atomic E-state index is 12.0. The lowest BCUT2D eigenvalue weighted by Crippen LogP contribution is -2.34. The fourth-order valence-electron chi connectivity index (χ4n) is 2.39. The number of nitrogens with one attached hydrogen (secondary N) is 1. The third-order valence-corrected chi connectivity index (χ3v) is 3.60. The van der Waals surface area contributed by atoms with Crippen LogP contribution in [0.25, 0.3) is 11.0 Å². The van der Waals surface area contributed by atoms with E-state index in [4.69, 9.17) is 10.5 Å². The fraction of sp³-hybridized carbons (Fsp3) is 0.467. The fourth-order valence-corrected chi connectivity index (χ4v) is 2.39. The van der Waals surface area contributed by atoms with Crippen molar-refractivity contribution in [1.82, 2.24) is 14.9 Å². The normalized spacial score (nSPS) is 12.9. The Morgan fingerprint density at radius 2 is 2.04 bits per heavy atom. The molecule has 8 heteroatoms. The van der Waals surface area contributed by atoms with Gasteiger partial charge in [-0.05, 0) is 19.1 Å². The van der Waals surface area contributed by atoms with E-state index in [9.17, 15) is 4.79 Å². The number of fused-ring (bicyclic) bond motifs is 1. The number of carbonyl (C=O) groups is 1. The number of nitrogens with two attached hydrogens (primary N) is 1. The number of imidazole rings is 1. The SMILES string of the molecule is COC(CN)CC(=O)NC(C)c1nc2ccccc2n1C.Cl.Cl. The van der Waals surface area contributed by atoms with Crippen LogP contribution in [0.3, 0.4) is 0 Å². The third-order valence-electron chi connectivity index (χ3n) is 3.60. The van der Waals surface area contributed by atoms with Crippen LogP contribution in [0.1, 0.15) is 25.2 Å². The molecule has 0 aliphatic carbocycles. The van der Waals surface area contributed by atoms with Crippen LogP contribution in [0, 0.1) is 0 Å². The molecule has 2 unspecified atom stereocenters. The average Bonchev–Trinajstić information content (AvgIpc) is 2.82. The molecule has 130 valence electrons. The number of hydrogen-bond donors (Lipinski definition) is 2. The van der Waals surface area contributed by atoms with Crippen LogP contribution in [-0.4, -0.2) is 35.2 Å². The van der Waals surface area contributed by atoms with Crippen LogP contribution in [-0.2, 0) is 16.6 Å². The van der Waals surface area contributed by atoms with Crippen LogP contribution < -0.4 is 11.1 Å². The van der Waals surface area contributed by atoms with Gasteiger partial charge in [0.15, 0.2) is 0 Å². The molecule has 2 aromatic rings. The molecular formula is C15H24Cl2N4O2. The van der Waals surface area contributed by atoms with Crippen LogP contribution in [0.2, 0.25) is 0 Å². The van der Waals surface area contributed by atoms with Crippen molar-refractivity contribution in [3.8, 4) is 0 Å². The molecule has 2 atom stereocenters. The second-order valence-corrected chi connectivity index (χ2v) is 5.10. The predicted molar refractivity (Wildman–Crippen MR) is 96.2 cm³/mol. The molecule has 2 rings (SSSR count). The number of aryl methyl sites for hydroxylation is 1. The van der Waals surface area contributed by atoms with E-state index in [-0.39, 0.29) is 49.3 Å². The van der Waals surface area contributed by atoms with Crippen LogP contribution in [0.15, 0.2) is 24.3 Å². The number of methoxy groups -OCH3 is 1. The molecule has 0 fully saturated rings. The molecule has 1 amide bonds. The number of hydrogen-bond acceptors (Lipinski definition) is 4. The van der Waals surface area contributed by atoms with E-state index in [1.54, 1.807) is 7.11 Å². The average molecular weight is 363 g/mol. The molecule has 1 aromatic heterocycles. The first kappa shape index (κ1) is 21.7. The summed E-state index contributed by atoms with van der Waals surface area (Å²) in [5, 5.41) is 2.94. The van der Waals surface area contributed by atoms with E-state index in [0.29, 0.717) is 6.54 Å². The summed E-state index contributed by atoms with van der Waals surface area (Å²) in [7, 11) is 3.50. The second-order valence-electron chi connectivity index (χ2n) is 5.10. The number of ether oxygens (including phenoxy) is 1. The Hall–Kier alpha value is -1.34. The Kier molecular flexibility index (Phi) is 9.16. The summed E-state index contributed by atoms with van der Waals surface area (Å²) in [5.41, 5.74) is 7.50. The Morgan fingerprint density at radius 3 is 2.61 bits per heavy atom. The first-order valence-electron chi connectivity index (χ1n) is 7.00. The highest BCUT2D eigenvalue weighted by atomic mass is 35.5. The van der Waals surface area contributed by atoms with E-state index in [1.807, 2.05) is 42.8 Å². The van der Waals surface area contributed by atoms with Crippen LogP contribution >= 0.6 is 24.8 Å². The number of nitrogens with zero attached hydrogens (tertiary/aromatic N) is 2. The molecule has 0 saturated heterocycles. The topological polar surface area (TPSA) is 82.2 Å². The van der Waals surface area contributed by atoms with Crippen molar-refractivity contribution in [3.63, 3.8) is 0 Å². The molecule has 23 heavy (non-hydrogen) atoms. The lowest BCUT2D eigenvalue weighted by molar-refractivity contribution is -0.124. The van der Waals surface area contributed by atoms with Gasteiger partial charge in [-0.15, -0.1) is 24.8 Å². The molecule has 0 aliphatic heterocycles. The summed E-state index contributed by atoms with van der Waals surface area (Å²) in [5.74, 6) is 0.734. The summed E-state index contributed by atoms with van der Waals surface area (Å²) < 4.78 is 7.12. The van der Waals surface area contributed by atoms with E-state index < -0.39 is 0 Å². The number of rotatable bonds is 6. The van der Waals surface area contributed by atoms with E-state index in [0.717, 1.165) is 16.9 Å². The maximum Gasteiger partial charge on any atom is 0.223 e. The molecule has 1 aromatic carbocycles. The van der Waals surface area contributed by atoms with Crippen LogP contribution in [0.5, 0.6) is 0 Å². The molecule has 0 aliphatic rings.